The number of hydrogen-bond acceptors (Lipinski definition) is 2. The van der Waals surface area contributed by atoms with Crippen LogP contribution >= 0.6 is 7.60 Å². The maximum Gasteiger partial charge on any atom is 0.329 e. The summed E-state index contributed by atoms with van der Waals surface area (Å²) in [6.45, 7) is 4.91. The summed E-state index contributed by atoms with van der Waals surface area (Å²) in [5.41, 5.74) is 1.78. The molecule has 5 heteroatoms. The van der Waals surface area contributed by atoms with Crippen LogP contribution in [0, 0.1) is 0 Å². The van der Waals surface area contributed by atoms with Gasteiger partial charge in [0, 0.05) is 12.6 Å². The number of nitrogens with one attached hydrogen (secondary N) is 1. The van der Waals surface area contributed by atoms with Gasteiger partial charge in [-0.05, 0) is 11.1 Å². The van der Waals surface area contributed by atoms with Gasteiger partial charge >= 0.3 is 7.60 Å². The lowest BCUT2D eigenvalue weighted by Crippen LogP contribution is -2.21. The van der Waals surface area contributed by atoms with E-state index in [2.05, 4.69) is 19.2 Å². The lowest BCUT2D eigenvalue weighted by molar-refractivity contribution is 0.371. The van der Waals surface area contributed by atoms with Crippen molar-refractivity contribution in [2.45, 2.75) is 32.6 Å². The molecule has 0 aromatic heterocycles. The topological polar surface area (TPSA) is 69.6 Å². The maximum atomic E-state index is 10.8. The highest BCUT2D eigenvalue weighted by molar-refractivity contribution is 7.50. The molecule has 0 unspecified atom stereocenters. The third kappa shape index (κ3) is 5.42. The van der Waals surface area contributed by atoms with Gasteiger partial charge in [0.2, 0.25) is 0 Å². The summed E-state index contributed by atoms with van der Waals surface area (Å²) in [6, 6.07) is 7.72. The van der Waals surface area contributed by atoms with Crippen molar-refractivity contribution in [3.05, 3.63) is 35.4 Å². The van der Waals surface area contributed by atoms with Crippen LogP contribution in [-0.4, -0.2) is 15.8 Å². The average Bonchev–Trinajstić information content (AvgIpc) is 2.14. The third-order valence-corrected chi connectivity index (χ3v) is 2.90. The molecule has 0 fully saturated rings. The van der Waals surface area contributed by atoms with Gasteiger partial charge in [-0.15, -0.1) is 0 Å². The van der Waals surface area contributed by atoms with Crippen molar-refractivity contribution in [1.82, 2.24) is 5.32 Å². The van der Waals surface area contributed by atoms with E-state index in [1.165, 1.54) is 0 Å². The van der Waals surface area contributed by atoms with Crippen molar-refractivity contribution in [2.75, 3.05) is 0 Å². The first-order chi connectivity index (χ1) is 7.37. The van der Waals surface area contributed by atoms with Gasteiger partial charge in [-0.2, -0.15) is 0 Å². The zero-order valence-electron chi connectivity index (χ0n) is 9.55. The Morgan fingerprint density at radius 3 is 2.12 bits per heavy atom. The zero-order chi connectivity index (χ0) is 12.2. The molecule has 1 rings (SSSR count). The second-order valence-corrected chi connectivity index (χ2v) is 5.82. The summed E-state index contributed by atoms with van der Waals surface area (Å²) in [7, 11) is -3.95. The number of hydrogen-bond donors (Lipinski definition) is 3. The Kier molecular flexibility index (Phi) is 4.69. The minimum atomic E-state index is -3.95. The zero-order valence-corrected chi connectivity index (χ0v) is 10.4. The smallest absolute Gasteiger partial charge is 0.324 e. The Morgan fingerprint density at radius 2 is 1.69 bits per heavy atom. The van der Waals surface area contributed by atoms with E-state index >= 15 is 0 Å². The molecule has 3 N–H and O–H groups in total. The Morgan fingerprint density at radius 1 is 1.19 bits per heavy atom. The fourth-order valence-corrected chi connectivity index (χ4v) is 2.01. The monoisotopic (exact) mass is 243 g/mol. The van der Waals surface area contributed by atoms with E-state index in [0.29, 0.717) is 11.6 Å². The SMILES string of the molecule is CC(C)NCc1ccc(CP(=O)(O)O)cc1. The van der Waals surface area contributed by atoms with Gasteiger partial charge in [0.1, 0.15) is 0 Å². The van der Waals surface area contributed by atoms with E-state index in [-0.39, 0.29) is 6.16 Å². The van der Waals surface area contributed by atoms with Crippen LogP contribution in [0.2, 0.25) is 0 Å². The largest absolute Gasteiger partial charge is 0.329 e. The second kappa shape index (κ2) is 5.60. The molecule has 16 heavy (non-hydrogen) atoms. The quantitative estimate of drug-likeness (QED) is 0.690. The summed E-state index contributed by atoms with van der Waals surface area (Å²) in [4.78, 5) is 17.6. The third-order valence-electron chi connectivity index (χ3n) is 2.13. The first-order valence-electron chi connectivity index (χ1n) is 5.22. The highest BCUT2D eigenvalue weighted by Gasteiger charge is 2.13. The van der Waals surface area contributed by atoms with Crippen LogP contribution in [0.4, 0.5) is 0 Å². The molecular weight excluding hydrogens is 225 g/mol. The maximum absolute atomic E-state index is 10.8. The standard InChI is InChI=1S/C11H18NO3P/c1-9(2)12-7-10-3-5-11(6-4-10)8-16(13,14)15/h3-6,9,12H,7-8H2,1-2H3,(H2,13,14,15). The number of benzene rings is 1. The average molecular weight is 243 g/mol. The predicted octanol–water partition coefficient (Wildman–Crippen LogP) is 1.86. The molecular formula is C11H18NO3P. The lowest BCUT2D eigenvalue weighted by atomic mass is 10.1. The number of rotatable bonds is 5. The minimum absolute atomic E-state index is 0.190. The molecule has 0 aliphatic heterocycles. The van der Waals surface area contributed by atoms with Crippen LogP contribution in [0.1, 0.15) is 25.0 Å². The first-order valence-corrected chi connectivity index (χ1v) is 7.02. The summed E-state index contributed by atoms with van der Waals surface area (Å²) >= 11 is 0. The van der Waals surface area contributed by atoms with E-state index in [0.717, 1.165) is 12.1 Å². The van der Waals surface area contributed by atoms with Crippen molar-refractivity contribution < 1.29 is 14.4 Å². The molecule has 4 nitrogen and oxygen atoms in total. The van der Waals surface area contributed by atoms with Crippen LogP contribution in [-0.2, 0) is 17.3 Å². The molecule has 0 aliphatic carbocycles. The highest BCUT2D eigenvalue weighted by Crippen LogP contribution is 2.38. The molecule has 0 atom stereocenters. The van der Waals surface area contributed by atoms with Gasteiger partial charge in [0.05, 0.1) is 6.16 Å². The van der Waals surface area contributed by atoms with Crippen LogP contribution in [0.5, 0.6) is 0 Å². The molecule has 0 saturated heterocycles. The van der Waals surface area contributed by atoms with Gasteiger partial charge in [0.15, 0.2) is 0 Å². The lowest BCUT2D eigenvalue weighted by Gasteiger charge is -2.09. The van der Waals surface area contributed by atoms with Crippen LogP contribution in [0.3, 0.4) is 0 Å². The molecule has 0 heterocycles. The van der Waals surface area contributed by atoms with E-state index in [4.69, 9.17) is 9.79 Å². The van der Waals surface area contributed by atoms with Crippen LogP contribution in [0.15, 0.2) is 24.3 Å². The Labute approximate surface area is 95.9 Å². The van der Waals surface area contributed by atoms with E-state index < -0.39 is 7.60 Å². The van der Waals surface area contributed by atoms with Gasteiger partial charge in [-0.25, -0.2) is 0 Å². The van der Waals surface area contributed by atoms with Crippen molar-refractivity contribution in [1.29, 1.82) is 0 Å². The summed E-state index contributed by atoms with van der Waals surface area (Å²) in [5.74, 6) is 0. The molecule has 1 aromatic rings. The Bertz CT molecular complexity index is 369. The van der Waals surface area contributed by atoms with Crippen molar-refractivity contribution in [2.24, 2.45) is 0 Å². The summed E-state index contributed by atoms with van der Waals surface area (Å²) in [5, 5.41) is 3.28. The molecule has 0 bridgehead atoms. The molecule has 1 aromatic carbocycles. The van der Waals surface area contributed by atoms with Crippen molar-refractivity contribution in [3.8, 4) is 0 Å². The van der Waals surface area contributed by atoms with Gasteiger partial charge in [-0.1, -0.05) is 38.1 Å². The fourth-order valence-electron chi connectivity index (χ4n) is 1.32. The van der Waals surface area contributed by atoms with E-state index in [1.54, 1.807) is 12.1 Å². The molecule has 0 amide bonds. The Balaban J connectivity index is 2.58. The highest BCUT2D eigenvalue weighted by atomic mass is 31.2. The molecule has 90 valence electrons. The normalized spacial score (nSPS) is 12.1. The van der Waals surface area contributed by atoms with Crippen molar-refractivity contribution in [3.63, 3.8) is 0 Å². The molecule has 0 saturated carbocycles. The molecule has 0 spiro atoms. The minimum Gasteiger partial charge on any atom is -0.324 e. The van der Waals surface area contributed by atoms with E-state index in [1.807, 2.05) is 12.1 Å². The predicted molar refractivity (Wildman–Crippen MR) is 64.2 cm³/mol. The Hall–Kier alpha value is -0.670. The summed E-state index contributed by atoms with van der Waals surface area (Å²) in [6.07, 6.45) is -0.190. The first kappa shape index (κ1) is 13.4. The van der Waals surface area contributed by atoms with Gasteiger partial charge < -0.3 is 15.1 Å². The van der Waals surface area contributed by atoms with Crippen LogP contribution in [0.25, 0.3) is 0 Å². The van der Waals surface area contributed by atoms with E-state index in [9.17, 15) is 4.57 Å². The van der Waals surface area contributed by atoms with Gasteiger partial charge in [-0.3, -0.25) is 4.57 Å². The second-order valence-electron chi connectivity index (χ2n) is 4.17. The summed E-state index contributed by atoms with van der Waals surface area (Å²) < 4.78 is 10.8. The molecule has 0 radical (unpaired) electrons. The van der Waals surface area contributed by atoms with Crippen molar-refractivity contribution >= 4 is 7.60 Å². The van der Waals surface area contributed by atoms with Crippen LogP contribution < -0.4 is 5.32 Å². The van der Waals surface area contributed by atoms with Gasteiger partial charge in [0.25, 0.3) is 0 Å². The molecule has 0 aliphatic rings. The fraction of sp³-hybridized carbons (Fsp3) is 0.455.